The highest BCUT2D eigenvalue weighted by molar-refractivity contribution is 7.07. The third-order valence-electron chi connectivity index (χ3n) is 4.58. The fourth-order valence-corrected chi connectivity index (χ4v) is 3.84. The highest BCUT2D eigenvalue weighted by Crippen LogP contribution is 2.36. The summed E-state index contributed by atoms with van der Waals surface area (Å²) in [5.41, 5.74) is 1.28. The Morgan fingerprint density at radius 3 is 2.52 bits per heavy atom. The van der Waals surface area contributed by atoms with Crippen LogP contribution in [0.2, 0.25) is 0 Å². The maximum atomic E-state index is 11.4. The lowest BCUT2D eigenvalue weighted by atomic mass is 10.2. The number of aromatic hydroxyl groups is 1. The molecule has 0 fully saturated rings. The molecule has 0 aliphatic rings. The number of nitro benzene ring substituents is 1. The zero-order valence-corrected chi connectivity index (χ0v) is 18.4. The molecule has 4 aromatic rings. The number of nitro groups is 1. The van der Waals surface area contributed by atoms with Crippen molar-refractivity contribution in [2.24, 2.45) is 10.1 Å². The summed E-state index contributed by atoms with van der Waals surface area (Å²) in [6, 6.07) is 12.9. The smallest absolute Gasteiger partial charge is 0.294 e. The summed E-state index contributed by atoms with van der Waals surface area (Å²) in [4.78, 5) is 15.8. The van der Waals surface area contributed by atoms with Crippen molar-refractivity contribution in [3.8, 4) is 28.7 Å². The second kappa shape index (κ2) is 9.40. The van der Waals surface area contributed by atoms with Crippen molar-refractivity contribution in [2.75, 3.05) is 14.2 Å². The van der Waals surface area contributed by atoms with Crippen molar-refractivity contribution < 1.29 is 23.9 Å². The van der Waals surface area contributed by atoms with Gasteiger partial charge < -0.3 is 19.0 Å². The van der Waals surface area contributed by atoms with Gasteiger partial charge in [0, 0.05) is 17.0 Å². The molecule has 2 aromatic carbocycles. The Hall–Kier alpha value is -4.38. The minimum atomic E-state index is -0.484. The third-order valence-corrected chi connectivity index (χ3v) is 5.39. The summed E-state index contributed by atoms with van der Waals surface area (Å²) < 4.78 is 17.4. The average Bonchev–Trinajstić information content (AvgIpc) is 3.48. The number of ether oxygens (including phenoxy) is 2. The van der Waals surface area contributed by atoms with E-state index in [4.69, 9.17) is 13.9 Å². The molecule has 10 nitrogen and oxygen atoms in total. The molecule has 11 heteroatoms. The second-order valence-corrected chi connectivity index (χ2v) is 7.41. The zero-order valence-electron chi connectivity index (χ0n) is 17.5. The number of nitrogens with zero attached hydrogens (tertiary/aromatic N) is 4. The molecular weight excluding hydrogens is 448 g/mol. The largest absolute Gasteiger partial charge is 0.502 e. The first kappa shape index (κ1) is 21.8. The molecule has 0 aliphatic carbocycles. The number of phenolic OH excluding ortho intramolecular Hbond substituents is 1. The number of thiazole rings is 1. The molecule has 2 heterocycles. The van der Waals surface area contributed by atoms with Gasteiger partial charge in [0.1, 0.15) is 11.4 Å². The second-order valence-electron chi connectivity index (χ2n) is 6.57. The lowest BCUT2D eigenvalue weighted by molar-refractivity contribution is -0.384. The molecule has 0 unspecified atom stereocenters. The standard InChI is InChI=1S/C22H18N4O6S/c1-30-19-10-14(11-20(31-2)21(19)27)12-23-25-17(18-8-5-9-32-18)13-33-22(25)24-15-6-3-4-7-16(15)26(28)29/h3-13,27H,1-2H3. The van der Waals surface area contributed by atoms with Crippen LogP contribution in [-0.2, 0) is 0 Å². The fourth-order valence-electron chi connectivity index (χ4n) is 3.01. The molecule has 0 amide bonds. The van der Waals surface area contributed by atoms with Gasteiger partial charge in [0.05, 0.1) is 31.6 Å². The van der Waals surface area contributed by atoms with Crippen molar-refractivity contribution in [1.29, 1.82) is 0 Å². The van der Waals surface area contributed by atoms with E-state index in [-0.39, 0.29) is 28.6 Å². The lowest BCUT2D eigenvalue weighted by Crippen LogP contribution is -2.11. The summed E-state index contributed by atoms with van der Waals surface area (Å²) in [5, 5.41) is 27.9. The number of benzene rings is 2. The SMILES string of the molecule is COc1cc(C=Nn2c(-c3ccco3)csc2=Nc2ccccc2[N+](=O)[O-])cc(OC)c1O. The fraction of sp³-hybridized carbons (Fsp3) is 0.0909. The first-order valence-electron chi connectivity index (χ1n) is 9.53. The highest BCUT2D eigenvalue weighted by atomic mass is 32.1. The van der Waals surface area contributed by atoms with Gasteiger partial charge in [-0.3, -0.25) is 10.1 Å². The number of para-hydroxylation sites is 2. The molecule has 0 saturated heterocycles. The Morgan fingerprint density at radius 1 is 1.15 bits per heavy atom. The number of hydrogen-bond donors (Lipinski definition) is 1. The normalized spacial score (nSPS) is 11.8. The topological polar surface area (TPSA) is 125 Å². The van der Waals surface area contributed by atoms with Gasteiger partial charge in [-0.25, -0.2) is 9.67 Å². The van der Waals surface area contributed by atoms with Crippen LogP contribution < -0.4 is 14.3 Å². The van der Waals surface area contributed by atoms with Crippen molar-refractivity contribution in [3.63, 3.8) is 0 Å². The van der Waals surface area contributed by atoms with Crippen LogP contribution in [0.4, 0.5) is 11.4 Å². The maximum absolute atomic E-state index is 11.4. The van der Waals surface area contributed by atoms with E-state index in [1.165, 1.54) is 48.8 Å². The molecule has 168 valence electrons. The van der Waals surface area contributed by atoms with E-state index < -0.39 is 4.92 Å². The predicted octanol–water partition coefficient (Wildman–Crippen LogP) is 4.56. The number of methoxy groups -OCH3 is 2. The average molecular weight is 466 g/mol. The molecule has 0 bridgehead atoms. The van der Waals surface area contributed by atoms with E-state index in [0.717, 1.165) is 0 Å². The minimum absolute atomic E-state index is 0.117. The van der Waals surface area contributed by atoms with Gasteiger partial charge in [0.2, 0.25) is 10.6 Å². The van der Waals surface area contributed by atoms with E-state index in [1.54, 1.807) is 47.8 Å². The third kappa shape index (κ3) is 4.48. The van der Waals surface area contributed by atoms with E-state index >= 15 is 0 Å². The summed E-state index contributed by atoms with van der Waals surface area (Å²) in [6.45, 7) is 0. The number of hydrogen-bond acceptors (Lipinski definition) is 9. The summed E-state index contributed by atoms with van der Waals surface area (Å²) in [5.74, 6) is 0.876. The summed E-state index contributed by atoms with van der Waals surface area (Å²) in [7, 11) is 2.86. The monoisotopic (exact) mass is 466 g/mol. The van der Waals surface area contributed by atoms with Crippen LogP contribution in [-0.4, -0.2) is 35.1 Å². The van der Waals surface area contributed by atoms with Crippen LogP contribution in [0.5, 0.6) is 17.2 Å². The molecule has 0 atom stereocenters. The van der Waals surface area contributed by atoms with E-state index in [9.17, 15) is 15.2 Å². The summed E-state index contributed by atoms with van der Waals surface area (Å²) >= 11 is 1.25. The van der Waals surface area contributed by atoms with Gasteiger partial charge in [-0.05, 0) is 30.3 Å². The lowest BCUT2D eigenvalue weighted by Gasteiger charge is -2.09. The van der Waals surface area contributed by atoms with Crippen molar-refractivity contribution >= 4 is 28.9 Å². The van der Waals surface area contributed by atoms with Crippen molar-refractivity contribution in [1.82, 2.24) is 4.68 Å². The Kier molecular flexibility index (Phi) is 6.22. The van der Waals surface area contributed by atoms with Gasteiger partial charge in [-0.1, -0.05) is 12.1 Å². The molecule has 0 spiro atoms. The van der Waals surface area contributed by atoms with Crippen LogP contribution in [0.3, 0.4) is 0 Å². The summed E-state index contributed by atoms with van der Waals surface area (Å²) in [6.07, 6.45) is 3.07. The maximum Gasteiger partial charge on any atom is 0.294 e. The first-order valence-corrected chi connectivity index (χ1v) is 10.4. The minimum Gasteiger partial charge on any atom is -0.502 e. The molecule has 4 rings (SSSR count). The molecule has 0 radical (unpaired) electrons. The Morgan fingerprint density at radius 2 is 1.88 bits per heavy atom. The van der Waals surface area contributed by atoms with Crippen LogP contribution >= 0.6 is 11.3 Å². The Bertz CT molecular complexity index is 1360. The quantitative estimate of drug-likeness (QED) is 0.242. The van der Waals surface area contributed by atoms with Gasteiger partial charge in [-0.15, -0.1) is 11.3 Å². The number of phenols is 1. The molecule has 2 aromatic heterocycles. The van der Waals surface area contributed by atoms with Crippen molar-refractivity contribution in [2.45, 2.75) is 0 Å². The predicted molar refractivity (Wildman–Crippen MR) is 123 cm³/mol. The molecule has 1 N–H and O–H groups in total. The van der Waals surface area contributed by atoms with Crippen molar-refractivity contribution in [3.05, 3.63) is 80.7 Å². The van der Waals surface area contributed by atoms with E-state index in [0.29, 0.717) is 21.8 Å². The van der Waals surface area contributed by atoms with E-state index in [1.807, 2.05) is 0 Å². The Balaban J connectivity index is 1.86. The molecule has 0 aliphatic heterocycles. The van der Waals surface area contributed by atoms with Crippen LogP contribution in [0.1, 0.15) is 5.56 Å². The Labute approximate surface area is 191 Å². The van der Waals surface area contributed by atoms with Gasteiger partial charge in [0.25, 0.3) is 5.69 Å². The van der Waals surface area contributed by atoms with Gasteiger partial charge >= 0.3 is 0 Å². The number of aromatic nitrogens is 1. The van der Waals surface area contributed by atoms with E-state index in [2.05, 4.69) is 10.1 Å². The number of furan rings is 1. The van der Waals surface area contributed by atoms with Gasteiger partial charge in [-0.2, -0.15) is 5.10 Å². The molecule has 33 heavy (non-hydrogen) atoms. The van der Waals surface area contributed by atoms with Crippen LogP contribution in [0.15, 0.2) is 74.7 Å². The van der Waals surface area contributed by atoms with Crippen LogP contribution in [0, 0.1) is 10.1 Å². The first-order chi connectivity index (χ1) is 16.0. The highest BCUT2D eigenvalue weighted by Gasteiger charge is 2.15. The van der Waals surface area contributed by atoms with Crippen LogP contribution in [0.25, 0.3) is 11.5 Å². The number of rotatable bonds is 7. The zero-order chi connectivity index (χ0) is 23.4. The molecular formula is C22H18N4O6S. The van der Waals surface area contributed by atoms with Gasteiger partial charge in [0.15, 0.2) is 17.3 Å². The molecule has 0 saturated carbocycles.